The third-order valence-corrected chi connectivity index (χ3v) is 12.4. The summed E-state index contributed by atoms with van der Waals surface area (Å²) in [7, 11) is 0. The zero-order valence-corrected chi connectivity index (χ0v) is 22.3. The van der Waals surface area contributed by atoms with Gasteiger partial charge in [0.05, 0.1) is 22.1 Å². The summed E-state index contributed by atoms with van der Waals surface area (Å²) in [6.07, 6.45) is 7.09. The lowest BCUT2D eigenvalue weighted by atomic mass is 10.1. The fourth-order valence-electron chi connectivity index (χ4n) is 5.74. The molecule has 4 heterocycles. The van der Waals surface area contributed by atoms with Crippen LogP contribution in [-0.2, 0) is 11.8 Å². The number of imidazole rings is 1. The molecule has 1 atom stereocenters. The van der Waals surface area contributed by atoms with E-state index < -0.39 is 6.04 Å². The highest BCUT2D eigenvalue weighted by Gasteiger charge is 2.29. The van der Waals surface area contributed by atoms with Crippen LogP contribution in [0.25, 0.3) is 49.3 Å². The zero-order valence-electron chi connectivity index (χ0n) is 20.6. The van der Waals surface area contributed by atoms with Crippen molar-refractivity contribution in [3.8, 4) is 0 Å². The van der Waals surface area contributed by atoms with Crippen molar-refractivity contribution in [2.75, 3.05) is 0 Å². The van der Waals surface area contributed by atoms with Gasteiger partial charge in [0.1, 0.15) is 12.0 Å². The van der Waals surface area contributed by atoms with Crippen LogP contribution in [-0.4, -0.2) is 24.3 Å². The number of benzene rings is 4. The average molecular weight is 538 g/mol. The molecule has 39 heavy (non-hydrogen) atoms. The Balaban J connectivity index is 1.59. The van der Waals surface area contributed by atoms with Crippen molar-refractivity contribution in [3.05, 3.63) is 122 Å². The molecular formula is C32H20N5PS. The van der Waals surface area contributed by atoms with Gasteiger partial charge in [-0.3, -0.25) is 9.38 Å². The summed E-state index contributed by atoms with van der Waals surface area (Å²) in [6, 6.07) is 31.3. The maximum Gasteiger partial charge on any atom is 0.147 e. The first-order chi connectivity index (χ1) is 19.2. The van der Waals surface area contributed by atoms with Crippen molar-refractivity contribution in [2.45, 2.75) is 0 Å². The molecule has 8 aromatic rings. The normalized spacial score (nSPS) is 13.4. The number of hydrogen-bond acceptors (Lipinski definition) is 5. The van der Waals surface area contributed by atoms with E-state index in [9.17, 15) is 0 Å². The maximum atomic E-state index is 6.86. The first kappa shape index (κ1) is 22.5. The number of fused-ring (bicyclic) bond motifs is 9. The SMILES string of the molecule is S=P(c1ccncc1)(c1ccc2cncnc2c1)c1cccc2c3ccccc3n3c4ccccc4nc3c12. The Morgan fingerprint density at radius 3 is 2.36 bits per heavy atom. The fourth-order valence-corrected chi connectivity index (χ4v) is 9.73. The van der Waals surface area contributed by atoms with Gasteiger partial charge in [-0.2, -0.15) is 0 Å². The van der Waals surface area contributed by atoms with Crippen molar-refractivity contribution in [3.63, 3.8) is 0 Å². The van der Waals surface area contributed by atoms with E-state index in [0.717, 1.165) is 59.8 Å². The molecule has 184 valence electrons. The van der Waals surface area contributed by atoms with Crippen molar-refractivity contribution >= 4 is 83.0 Å². The van der Waals surface area contributed by atoms with E-state index in [2.05, 4.69) is 110 Å². The van der Waals surface area contributed by atoms with Crippen LogP contribution in [0.3, 0.4) is 0 Å². The number of aromatic nitrogens is 5. The van der Waals surface area contributed by atoms with E-state index in [-0.39, 0.29) is 0 Å². The highest BCUT2D eigenvalue weighted by Crippen LogP contribution is 2.46. The lowest BCUT2D eigenvalue weighted by Crippen LogP contribution is -2.26. The van der Waals surface area contributed by atoms with Gasteiger partial charge in [-0.15, -0.1) is 0 Å². The number of nitrogens with zero attached hydrogens (tertiary/aromatic N) is 5. The molecule has 5 nitrogen and oxygen atoms in total. The highest BCUT2D eigenvalue weighted by molar-refractivity contribution is 8.25. The highest BCUT2D eigenvalue weighted by atomic mass is 32.4. The summed E-state index contributed by atoms with van der Waals surface area (Å²) >= 11 is 6.86. The van der Waals surface area contributed by atoms with Gasteiger partial charge in [-0.1, -0.05) is 72.5 Å². The van der Waals surface area contributed by atoms with E-state index in [1.165, 1.54) is 5.39 Å². The lowest BCUT2D eigenvalue weighted by Gasteiger charge is -2.26. The van der Waals surface area contributed by atoms with Crippen LogP contribution >= 0.6 is 6.04 Å². The first-order valence-corrected chi connectivity index (χ1v) is 15.5. The van der Waals surface area contributed by atoms with Crippen molar-refractivity contribution in [1.29, 1.82) is 0 Å². The largest absolute Gasteiger partial charge is 0.292 e. The minimum Gasteiger partial charge on any atom is -0.292 e. The maximum absolute atomic E-state index is 6.86. The Morgan fingerprint density at radius 1 is 0.667 bits per heavy atom. The van der Waals surface area contributed by atoms with Crippen molar-refractivity contribution in [1.82, 2.24) is 24.3 Å². The molecule has 1 unspecified atom stereocenters. The molecule has 0 radical (unpaired) electrons. The standard InChI is InChI=1S/C32H20N5PS/c39-38(22-14-16-33-17-15-22,23-13-12-21-19-34-20-35-27(21)18-23)30-11-5-7-25-24-6-1-3-9-28(24)37-29-10-4-2-8-26(29)36-32(37)31(25)30/h1-20H. The van der Waals surface area contributed by atoms with Crippen LogP contribution in [0.15, 0.2) is 122 Å². The predicted molar refractivity (Wildman–Crippen MR) is 165 cm³/mol. The summed E-state index contributed by atoms with van der Waals surface area (Å²) in [5.41, 5.74) is 4.98. The molecule has 0 aliphatic carbocycles. The van der Waals surface area contributed by atoms with Gasteiger partial charge in [-0.25, -0.2) is 15.0 Å². The van der Waals surface area contributed by atoms with E-state index in [4.69, 9.17) is 16.8 Å². The minimum atomic E-state index is -2.57. The second-order valence-electron chi connectivity index (χ2n) is 9.56. The number of pyridine rings is 2. The van der Waals surface area contributed by atoms with Gasteiger partial charge >= 0.3 is 0 Å². The molecule has 0 saturated carbocycles. The minimum absolute atomic E-state index is 0.883. The Labute approximate surface area is 228 Å². The molecule has 0 bridgehead atoms. The van der Waals surface area contributed by atoms with Crippen LogP contribution < -0.4 is 15.9 Å². The molecule has 0 amide bonds. The third kappa shape index (κ3) is 3.22. The average Bonchev–Trinajstić information content (AvgIpc) is 3.41. The van der Waals surface area contributed by atoms with Crippen LogP contribution in [0.4, 0.5) is 0 Å². The predicted octanol–water partition coefficient (Wildman–Crippen LogP) is 5.89. The summed E-state index contributed by atoms with van der Waals surface area (Å²) in [5.74, 6) is 0. The Hall–Kier alpha value is -4.51. The molecule has 4 aromatic carbocycles. The molecule has 0 spiro atoms. The fraction of sp³-hybridized carbons (Fsp3) is 0. The number of para-hydroxylation sites is 3. The summed E-state index contributed by atoms with van der Waals surface area (Å²) < 4.78 is 2.29. The van der Waals surface area contributed by atoms with Gasteiger partial charge in [0.2, 0.25) is 0 Å². The topological polar surface area (TPSA) is 56.0 Å². The molecule has 0 saturated heterocycles. The van der Waals surface area contributed by atoms with Crippen LogP contribution in [0.2, 0.25) is 0 Å². The Morgan fingerprint density at radius 2 is 1.46 bits per heavy atom. The van der Waals surface area contributed by atoms with Gasteiger partial charge in [-0.05, 0) is 52.4 Å². The zero-order chi connectivity index (χ0) is 26.0. The second kappa shape index (κ2) is 8.50. The van der Waals surface area contributed by atoms with Gasteiger partial charge in [0.25, 0.3) is 0 Å². The van der Waals surface area contributed by atoms with E-state index in [0.29, 0.717) is 0 Å². The second-order valence-corrected chi connectivity index (χ2v) is 13.9. The number of rotatable bonds is 3. The van der Waals surface area contributed by atoms with E-state index >= 15 is 0 Å². The summed E-state index contributed by atoms with van der Waals surface area (Å²) in [4.78, 5) is 18.3. The van der Waals surface area contributed by atoms with E-state index in [1.54, 1.807) is 6.33 Å². The molecule has 0 N–H and O–H groups in total. The molecule has 4 aromatic heterocycles. The third-order valence-electron chi connectivity index (χ3n) is 7.48. The van der Waals surface area contributed by atoms with E-state index in [1.807, 2.05) is 24.7 Å². The smallest absolute Gasteiger partial charge is 0.147 e. The number of hydrogen-bond donors (Lipinski definition) is 0. The Bertz CT molecular complexity index is 2280. The molecular weight excluding hydrogens is 517 g/mol. The van der Waals surface area contributed by atoms with Gasteiger partial charge in [0.15, 0.2) is 0 Å². The first-order valence-electron chi connectivity index (χ1n) is 12.7. The molecule has 0 fully saturated rings. The molecule has 0 aliphatic rings. The monoisotopic (exact) mass is 537 g/mol. The van der Waals surface area contributed by atoms with Crippen LogP contribution in [0.5, 0.6) is 0 Å². The van der Waals surface area contributed by atoms with Crippen molar-refractivity contribution in [2.24, 2.45) is 0 Å². The lowest BCUT2D eigenvalue weighted by molar-refractivity contribution is 1.22. The summed E-state index contributed by atoms with van der Waals surface area (Å²) in [5, 5.41) is 7.67. The molecule has 0 aliphatic heterocycles. The quantitative estimate of drug-likeness (QED) is 0.208. The molecule has 7 heteroatoms. The van der Waals surface area contributed by atoms with Crippen LogP contribution in [0.1, 0.15) is 0 Å². The van der Waals surface area contributed by atoms with Crippen LogP contribution in [0, 0.1) is 0 Å². The van der Waals surface area contributed by atoms with Crippen molar-refractivity contribution < 1.29 is 0 Å². The summed E-state index contributed by atoms with van der Waals surface area (Å²) in [6.45, 7) is 0. The molecule has 8 rings (SSSR count). The van der Waals surface area contributed by atoms with Gasteiger partial charge < -0.3 is 0 Å². The van der Waals surface area contributed by atoms with Gasteiger partial charge in [0, 0.05) is 46.1 Å². The Kier molecular flexibility index (Phi) is 4.90.